The number of aromatic nitrogens is 2. The van der Waals surface area contributed by atoms with Gasteiger partial charge in [-0.2, -0.15) is 4.98 Å². The van der Waals surface area contributed by atoms with E-state index in [2.05, 4.69) is 10.1 Å². The Kier molecular flexibility index (Phi) is 4.81. The second kappa shape index (κ2) is 7.42. The Bertz CT molecular complexity index is 1020. The van der Waals surface area contributed by atoms with E-state index in [1.165, 1.54) is 6.07 Å². The topological polar surface area (TPSA) is 68.5 Å². The van der Waals surface area contributed by atoms with Crippen LogP contribution in [0, 0.1) is 12.7 Å². The normalized spacial score (nSPS) is 16.6. The number of hydrogen-bond donors (Lipinski definition) is 0. The molecule has 0 bridgehead atoms. The van der Waals surface area contributed by atoms with Crippen molar-refractivity contribution in [1.29, 1.82) is 0 Å². The summed E-state index contributed by atoms with van der Waals surface area (Å²) < 4.78 is 24.9. The monoisotopic (exact) mass is 381 g/mol. The quantitative estimate of drug-likeness (QED) is 0.665. The van der Waals surface area contributed by atoms with Crippen molar-refractivity contribution in [2.24, 2.45) is 0 Å². The van der Waals surface area contributed by atoms with E-state index < -0.39 is 0 Å². The van der Waals surface area contributed by atoms with Crippen LogP contribution in [-0.4, -0.2) is 29.2 Å². The summed E-state index contributed by atoms with van der Waals surface area (Å²) in [6.07, 6.45) is 0.252. The van der Waals surface area contributed by atoms with Crippen molar-refractivity contribution < 1.29 is 18.4 Å². The van der Waals surface area contributed by atoms with Crippen LogP contribution in [0.4, 0.5) is 10.1 Å². The predicted octanol–water partition coefficient (Wildman–Crippen LogP) is 4.10. The van der Waals surface area contributed by atoms with Crippen LogP contribution in [0.25, 0.3) is 11.5 Å². The lowest BCUT2D eigenvalue weighted by atomic mass is 10.1. The van der Waals surface area contributed by atoms with Gasteiger partial charge in [0.2, 0.25) is 5.91 Å². The molecule has 1 amide bonds. The summed E-state index contributed by atoms with van der Waals surface area (Å²) in [5.41, 5.74) is 1.75. The third-order valence-corrected chi connectivity index (χ3v) is 4.88. The second-order valence-electron chi connectivity index (χ2n) is 6.68. The molecule has 0 N–H and O–H groups in total. The van der Waals surface area contributed by atoms with E-state index in [0.717, 1.165) is 0 Å². The number of nitrogens with zero attached hydrogens (tertiary/aromatic N) is 3. The van der Waals surface area contributed by atoms with Gasteiger partial charge in [-0.1, -0.05) is 23.4 Å². The minimum absolute atomic E-state index is 0.0835. The molecule has 1 unspecified atom stereocenters. The standard InChI is InChI=1S/C21H20FN3O3/c1-3-27-18-10-5-4-7-15(18)21-23-20(24-28-21)14-11-19(26)25(12-14)17-9-6-8-16(22)13(17)2/h4-10,14H,3,11-12H2,1-2H3. The molecule has 1 fully saturated rings. The van der Waals surface area contributed by atoms with Gasteiger partial charge in [-0.3, -0.25) is 4.79 Å². The van der Waals surface area contributed by atoms with Gasteiger partial charge < -0.3 is 14.2 Å². The number of benzene rings is 2. The largest absolute Gasteiger partial charge is 0.493 e. The van der Waals surface area contributed by atoms with Crippen LogP contribution >= 0.6 is 0 Å². The van der Waals surface area contributed by atoms with Crippen LogP contribution in [0.5, 0.6) is 5.75 Å². The fourth-order valence-electron chi connectivity index (χ4n) is 3.44. The molecule has 1 aromatic heterocycles. The first kappa shape index (κ1) is 18.2. The molecule has 6 nitrogen and oxygen atoms in total. The molecular formula is C21H20FN3O3. The Morgan fingerprint density at radius 3 is 2.89 bits per heavy atom. The number of amides is 1. The molecule has 7 heteroatoms. The van der Waals surface area contributed by atoms with E-state index in [4.69, 9.17) is 9.26 Å². The highest BCUT2D eigenvalue weighted by molar-refractivity contribution is 5.97. The van der Waals surface area contributed by atoms with Crippen molar-refractivity contribution in [3.05, 3.63) is 59.7 Å². The molecule has 3 aromatic rings. The van der Waals surface area contributed by atoms with Crippen molar-refractivity contribution in [3.8, 4) is 17.2 Å². The summed E-state index contributed by atoms with van der Waals surface area (Å²) in [5, 5.41) is 4.08. The van der Waals surface area contributed by atoms with E-state index in [1.54, 1.807) is 24.0 Å². The van der Waals surface area contributed by atoms with Crippen molar-refractivity contribution in [2.45, 2.75) is 26.2 Å². The van der Waals surface area contributed by atoms with E-state index in [0.29, 0.717) is 47.4 Å². The Hall–Kier alpha value is -3.22. The summed E-state index contributed by atoms with van der Waals surface area (Å²) in [6.45, 7) is 4.48. The first-order chi connectivity index (χ1) is 13.6. The maximum atomic E-state index is 13.9. The number of carbonyl (C=O) groups excluding carboxylic acids is 1. The lowest BCUT2D eigenvalue weighted by molar-refractivity contribution is -0.117. The second-order valence-corrected chi connectivity index (χ2v) is 6.68. The summed E-state index contributed by atoms with van der Waals surface area (Å²) >= 11 is 0. The number of ether oxygens (including phenoxy) is 1. The van der Waals surface area contributed by atoms with Crippen molar-refractivity contribution in [3.63, 3.8) is 0 Å². The number of anilines is 1. The van der Waals surface area contributed by atoms with Crippen molar-refractivity contribution >= 4 is 11.6 Å². The number of rotatable bonds is 5. The first-order valence-corrected chi connectivity index (χ1v) is 9.19. The molecule has 1 aliphatic rings. The molecule has 2 heterocycles. The molecule has 0 radical (unpaired) electrons. The Labute approximate surface area is 161 Å². The lowest BCUT2D eigenvalue weighted by Crippen LogP contribution is -2.25. The summed E-state index contributed by atoms with van der Waals surface area (Å²) in [4.78, 5) is 18.6. The predicted molar refractivity (Wildman–Crippen MR) is 102 cm³/mol. The summed E-state index contributed by atoms with van der Waals surface area (Å²) in [7, 11) is 0. The van der Waals surface area contributed by atoms with Crippen molar-refractivity contribution in [1.82, 2.24) is 10.1 Å². The van der Waals surface area contributed by atoms with Crippen LogP contribution < -0.4 is 9.64 Å². The highest BCUT2D eigenvalue weighted by Crippen LogP contribution is 2.35. The van der Waals surface area contributed by atoms with E-state index >= 15 is 0 Å². The molecule has 1 atom stereocenters. The van der Waals surface area contributed by atoms with Gasteiger partial charge in [0.15, 0.2) is 5.82 Å². The molecule has 4 rings (SSSR count). The third kappa shape index (κ3) is 3.24. The minimum Gasteiger partial charge on any atom is -0.493 e. The maximum absolute atomic E-state index is 13.9. The SMILES string of the molecule is CCOc1ccccc1-c1nc(C2CC(=O)N(c3cccc(F)c3C)C2)no1. The fourth-order valence-corrected chi connectivity index (χ4v) is 3.44. The van der Waals surface area contributed by atoms with Crippen LogP contribution in [0.3, 0.4) is 0 Å². The van der Waals surface area contributed by atoms with Crippen LogP contribution in [-0.2, 0) is 4.79 Å². The first-order valence-electron chi connectivity index (χ1n) is 9.19. The van der Waals surface area contributed by atoms with Gasteiger partial charge in [-0.25, -0.2) is 4.39 Å². The highest BCUT2D eigenvalue weighted by Gasteiger charge is 2.35. The summed E-state index contributed by atoms with van der Waals surface area (Å²) in [6, 6.07) is 12.2. The molecule has 0 aliphatic carbocycles. The molecule has 0 spiro atoms. The van der Waals surface area contributed by atoms with E-state index in [-0.39, 0.29) is 24.1 Å². The maximum Gasteiger partial charge on any atom is 0.261 e. The molecule has 144 valence electrons. The molecule has 0 saturated carbocycles. The Morgan fingerprint density at radius 2 is 2.07 bits per heavy atom. The summed E-state index contributed by atoms with van der Waals surface area (Å²) in [5.74, 6) is 0.854. The fraction of sp³-hybridized carbons (Fsp3) is 0.286. The van der Waals surface area contributed by atoms with Crippen LogP contribution in [0.2, 0.25) is 0 Å². The van der Waals surface area contributed by atoms with Gasteiger partial charge >= 0.3 is 0 Å². The number of carbonyl (C=O) groups is 1. The zero-order valence-electron chi connectivity index (χ0n) is 15.7. The Morgan fingerprint density at radius 1 is 1.25 bits per heavy atom. The minimum atomic E-state index is -0.330. The van der Waals surface area contributed by atoms with E-state index in [9.17, 15) is 9.18 Å². The average molecular weight is 381 g/mol. The number of hydrogen-bond acceptors (Lipinski definition) is 5. The van der Waals surface area contributed by atoms with Gasteiger partial charge in [0.1, 0.15) is 11.6 Å². The van der Waals surface area contributed by atoms with Gasteiger partial charge in [-0.15, -0.1) is 0 Å². The number of para-hydroxylation sites is 1. The average Bonchev–Trinajstić information content (AvgIpc) is 3.32. The Balaban J connectivity index is 1.59. The smallest absolute Gasteiger partial charge is 0.261 e. The van der Waals surface area contributed by atoms with Gasteiger partial charge in [0.05, 0.1) is 12.2 Å². The van der Waals surface area contributed by atoms with E-state index in [1.807, 2.05) is 31.2 Å². The molecule has 1 aliphatic heterocycles. The van der Waals surface area contributed by atoms with Crippen LogP contribution in [0.15, 0.2) is 47.0 Å². The zero-order valence-corrected chi connectivity index (χ0v) is 15.7. The molecule has 1 saturated heterocycles. The number of halogens is 1. The van der Waals surface area contributed by atoms with Gasteiger partial charge in [-0.05, 0) is 38.1 Å². The zero-order chi connectivity index (χ0) is 19.7. The van der Waals surface area contributed by atoms with Crippen molar-refractivity contribution in [2.75, 3.05) is 18.1 Å². The highest BCUT2D eigenvalue weighted by atomic mass is 19.1. The van der Waals surface area contributed by atoms with Gasteiger partial charge in [0, 0.05) is 30.1 Å². The molecular weight excluding hydrogens is 361 g/mol. The lowest BCUT2D eigenvalue weighted by Gasteiger charge is -2.18. The van der Waals surface area contributed by atoms with Crippen LogP contribution in [0.1, 0.15) is 30.7 Å². The molecule has 2 aromatic carbocycles. The molecule has 28 heavy (non-hydrogen) atoms. The van der Waals surface area contributed by atoms with Gasteiger partial charge in [0.25, 0.3) is 5.89 Å². The third-order valence-electron chi connectivity index (χ3n) is 4.88.